The zero-order valence-electron chi connectivity index (χ0n) is 21.0. The molecule has 3 aromatic rings. The van der Waals surface area contributed by atoms with Crippen LogP contribution in [0.5, 0.6) is 0 Å². The predicted molar refractivity (Wildman–Crippen MR) is 140 cm³/mol. The fourth-order valence-corrected chi connectivity index (χ4v) is 4.78. The summed E-state index contributed by atoms with van der Waals surface area (Å²) >= 11 is 0. The average molecular weight is 474 g/mol. The third-order valence-corrected chi connectivity index (χ3v) is 7.13. The van der Waals surface area contributed by atoms with Gasteiger partial charge in [-0.05, 0) is 42.5 Å². The fraction of sp³-hybridized carbons (Fsp3) is 0.414. The van der Waals surface area contributed by atoms with Gasteiger partial charge in [-0.2, -0.15) is 0 Å². The van der Waals surface area contributed by atoms with Crippen molar-refractivity contribution in [2.75, 3.05) is 20.1 Å². The van der Waals surface area contributed by atoms with Gasteiger partial charge in [-0.25, -0.2) is 0 Å². The van der Waals surface area contributed by atoms with Crippen LogP contribution in [0, 0.1) is 0 Å². The highest BCUT2D eigenvalue weighted by Gasteiger charge is 2.26. The van der Waals surface area contributed by atoms with Crippen LogP contribution in [0.2, 0.25) is 0 Å². The lowest BCUT2D eigenvalue weighted by Crippen LogP contribution is -2.38. The van der Waals surface area contributed by atoms with Gasteiger partial charge >= 0.3 is 0 Å². The Bertz CT molecular complexity index is 1270. The summed E-state index contributed by atoms with van der Waals surface area (Å²) in [6.45, 7) is 5.75. The molecule has 1 unspecified atom stereocenters. The van der Waals surface area contributed by atoms with E-state index < -0.39 is 5.43 Å². The zero-order valence-corrected chi connectivity index (χ0v) is 21.0. The van der Waals surface area contributed by atoms with Crippen LogP contribution in [-0.2, 0) is 6.54 Å². The third-order valence-electron chi connectivity index (χ3n) is 7.13. The summed E-state index contributed by atoms with van der Waals surface area (Å²) in [4.78, 5) is 43.8. The van der Waals surface area contributed by atoms with E-state index in [1.54, 1.807) is 29.2 Å². The molecule has 1 fully saturated rings. The lowest BCUT2D eigenvalue weighted by Gasteiger charge is -2.23. The zero-order chi connectivity index (χ0) is 24.9. The summed E-state index contributed by atoms with van der Waals surface area (Å²) in [5.74, 6) is -0.634. The number of fused-ring (bicyclic) bond motifs is 1. The van der Waals surface area contributed by atoms with E-state index in [0.717, 1.165) is 48.4 Å². The molecular formula is C29H35N3O3. The molecule has 4 rings (SSSR count). The number of hydrogen-bond acceptors (Lipinski definition) is 3. The fourth-order valence-electron chi connectivity index (χ4n) is 4.78. The van der Waals surface area contributed by atoms with Gasteiger partial charge in [0, 0.05) is 45.1 Å². The van der Waals surface area contributed by atoms with Crippen molar-refractivity contribution in [3.63, 3.8) is 0 Å². The molecule has 2 aromatic carbocycles. The molecule has 1 saturated heterocycles. The molecule has 0 bridgehead atoms. The Morgan fingerprint density at radius 1 is 0.943 bits per heavy atom. The Kier molecular flexibility index (Phi) is 7.69. The van der Waals surface area contributed by atoms with E-state index in [9.17, 15) is 14.4 Å². The quantitative estimate of drug-likeness (QED) is 0.491. The SMILES string of the molecule is CCC(C)n1cc(C(=O)N(C)Cc2cccc3ccccc23)c(=O)c(C(=O)N2CCCCCC2)c1. The first-order chi connectivity index (χ1) is 16.9. The largest absolute Gasteiger partial charge is 0.350 e. The van der Waals surface area contributed by atoms with E-state index in [1.807, 2.05) is 60.9 Å². The monoisotopic (exact) mass is 473 g/mol. The minimum atomic E-state index is -0.478. The van der Waals surface area contributed by atoms with Crippen LogP contribution in [0.1, 0.15) is 78.3 Å². The number of carbonyl (C=O) groups is 2. The summed E-state index contributed by atoms with van der Waals surface area (Å²) in [5, 5.41) is 2.19. The highest BCUT2D eigenvalue weighted by atomic mass is 16.2. The van der Waals surface area contributed by atoms with Crippen molar-refractivity contribution in [3.05, 3.63) is 81.8 Å². The van der Waals surface area contributed by atoms with Gasteiger partial charge in [0.25, 0.3) is 11.8 Å². The number of carbonyl (C=O) groups excluding carboxylic acids is 2. The molecule has 0 aliphatic carbocycles. The van der Waals surface area contributed by atoms with Gasteiger partial charge in [0.2, 0.25) is 5.43 Å². The number of amides is 2. The van der Waals surface area contributed by atoms with Crippen molar-refractivity contribution in [1.29, 1.82) is 0 Å². The molecule has 1 aliphatic rings. The Balaban J connectivity index is 1.69. The minimum absolute atomic E-state index is 0.0497. The third kappa shape index (κ3) is 5.31. The number of likely N-dealkylation sites (tertiary alicyclic amines) is 1. The predicted octanol–water partition coefficient (Wildman–Crippen LogP) is 5.26. The maximum absolute atomic E-state index is 13.6. The molecule has 2 heterocycles. The summed E-state index contributed by atoms with van der Waals surface area (Å²) in [7, 11) is 1.71. The normalized spacial score (nSPS) is 15.0. The second-order valence-electron chi connectivity index (χ2n) is 9.63. The number of rotatable bonds is 6. The number of hydrogen-bond donors (Lipinski definition) is 0. The van der Waals surface area contributed by atoms with E-state index >= 15 is 0 Å². The molecule has 0 N–H and O–H groups in total. The second-order valence-corrected chi connectivity index (χ2v) is 9.63. The van der Waals surface area contributed by atoms with Gasteiger partial charge < -0.3 is 14.4 Å². The number of pyridine rings is 1. The summed E-state index contributed by atoms with van der Waals surface area (Å²) < 4.78 is 1.85. The van der Waals surface area contributed by atoms with E-state index in [4.69, 9.17) is 0 Å². The lowest BCUT2D eigenvalue weighted by atomic mass is 10.0. The molecule has 1 aliphatic heterocycles. The summed E-state index contributed by atoms with van der Waals surface area (Å²) in [6.07, 6.45) is 8.16. The average Bonchev–Trinajstić information content (AvgIpc) is 3.17. The van der Waals surface area contributed by atoms with Gasteiger partial charge in [0.15, 0.2) is 0 Å². The minimum Gasteiger partial charge on any atom is -0.350 e. The van der Waals surface area contributed by atoms with Crippen molar-refractivity contribution in [3.8, 4) is 0 Å². The highest BCUT2D eigenvalue weighted by molar-refractivity contribution is 5.99. The van der Waals surface area contributed by atoms with Crippen LogP contribution in [-0.4, -0.2) is 46.3 Å². The molecule has 2 amide bonds. The number of aromatic nitrogens is 1. The molecule has 1 atom stereocenters. The molecule has 35 heavy (non-hydrogen) atoms. The van der Waals surface area contributed by atoms with Gasteiger partial charge in [-0.15, -0.1) is 0 Å². The van der Waals surface area contributed by atoms with E-state index in [2.05, 4.69) is 0 Å². The van der Waals surface area contributed by atoms with Gasteiger partial charge in [0.05, 0.1) is 0 Å². The van der Waals surface area contributed by atoms with E-state index in [-0.39, 0.29) is 29.0 Å². The first-order valence-corrected chi connectivity index (χ1v) is 12.7. The maximum Gasteiger partial charge on any atom is 0.259 e. The van der Waals surface area contributed by atoms with Crippen LogP contribution in [0.3, 0.4) is 0 Å². The Morgan fingerprint density at radius 2 is 1.60 bits per heavy atom. The molecule has 6 nitrogen and oxygen atoms in total. The van der Waals surface area contributed by atoms with Crippen molar-refractivity contribution < 1.29 is 9.59 Å². The van der Waals surface area contributed by atoms with Gasteiger partial charge in [-0.1, -0.05) is 62.2 Å². The molecule has 6 heteroatoms. The first kappa shape index (κ1) is 24.7. The first-order valence-electron chi connectivity index (χ1n) is 12.7. The van der Waals surface area contributed by atoms with Crippen LogP contribution < -0.4 is 5.43 Å². The molecule has 0 saturated carbocycles. The number of nitrogens with zero attached hydrogens (tertiary/aromatic N) is 3. The van der Waals surface area contributed by atoms with Crippen molar-refractivity contribution >= 4 is 22.6 Å². The van der Waals surface area contributed by atoms with Crippen LogP contribution >= 0.6 is 0 Å². The topological polar surface area (TPSA) is 62.6 Å². The Morgan fingerprint density at radius 3 is 2.31 bits per heavy atom. The van der Waals surface area contributed by atoms with Crippen molar-refractivity contribution in [2.24, 2.45) is 0 Å². The van der Waals surface area contributed by atoms with E-state index in [0.29, 0.717) is 19.6 Å². The van der Waals surface area contributed by atoms with Gasteiger partial charge in [-0.3, -0.25) is 14.4 Å². The summed E-state index contributed by atoms with van der Waals surface area (Å²) in [6, 6.07) is 14.1. The van der Waals surface area contributed by atoms with Crippen LogP contribution in [0.25, 0.3) is 10.8 Å². The lowest BCUT2D eigenvalue weighted by molar-refractivity contribution is 0.0758. The molecule has 1 aromatic heterocycles. The van der Waals surface area contributed by atoms with E-state index in [1.165, 1.54) is 0 Å². The van der Waals surface area contributed by atoms with Crippen molar-refractivity contribution in [2.45, 2.75) is 58.5 Å². The number of benzene rings is 2. The van der Waals surface area contributed by atoms with Crippen molar-refractivity contribution in [1.82, 2.24) is 14.4 Å². The Labute approximate surface area is 207 Å². The molecule has 0 radical (unpaired) electrons. The van der Waals surface area contributed by atoms with Gasteiger partial charge in [0.1, 0.15) is 11.1 Å². The Hall–Kier alpha value is -3.41. The standard InChI is InChI=1S/C29H35N3O3/c1-4-21(2)32-19-25(27(33)26(20-32)29(35)31-16-9-5-6-10-17-31)28(34)30(3)18-23-14-11-13-22-12-7-8-15-24(22)23/h7-8,11-15,19-21H,4-6,9-10,16-18H2,1-3H3. The molecular weight excluding hydrogens is 438 g/mol. The highest BCUT2D eigenvalue weighted by Crippen LogP contribution is 2.21. The molecule has 184 valence electrons. The molecule has 0 spiro atoms. The van der Waals surface area contributed by atoms with Crippen LogP contribution in [0.4, 0.5) is 0 Å². The van der Waals surface area contributed by atoms with Crippen LogP contribution in [0.15, 0.2) is 59.7 Å². The smallest absolute Gasteiger partial charge is 0.259 e. The maximum atomic E-state index is 13.6. The summed E-state index contributed by atoms with van der Waals surface area (Å²) in [5.41, 5.74) is 0.678. The second kappa shape index (κ2) is 10.9.